The van der Waals surface area contributed by atoms with Gasteiger partial charge in [-0.2, -0.15) is 15.5 Å². The summed E-state index contributed by atoms with van der Waals surface area (Å²) in [7, 11) is 0. The van der Waals surface area contributed by atoms with Crippen molar-refractivity contribution in [2.24, 2.45) is 0 Å². The summed E-state index contributed by atoms with van der Waals surface area (Å²) in [6.07, 6.45) is 4.55. The molecular weight excluding hydrogens is 513 g/mol. The number of nitriles is 1. The third-order valence-corrected chi connectivity index (χ3v) is 5.61. The van der Waals surface area contributed by atoms with Gasteiger partial charge in [0.15, 0.2) is 17.5 Å². The lowest BCUT2D eigenvalue weighted by atomic mass is 10.1. The van der Waals surface area contributed by atoms with Crippen molar-refractivity contribution in [1.82, 2.24) is 30.3 Å². The molecule has 206 valence electrons. The third kappa shape index (κ3) is 7.50. The van der Waals surface area contributed by atoms with Crippen molar-refractivity contribution in [3.8, 4) is 11.8 Å². The number of nitrogens with one attached hydrogen (secondary N) is 3. The highest BCUT2D eigenvalue weighted by atomic mass is 19.1. The van der Waals surface area contributed by atoms with Gasteiger partial charge in [0.25, 0.3) is 0 Å². The van der Waals surface area contributed by atoms with Gasteiger partial charge >= 0.3 is 6.09 Å². The molecule has 11 nitrogen and oxygen atoms in total. The van der Waals surface area contributed by atoms with Crippen molar-refractivity contribution in [2.45, 2.75) is 45.8 Å². The number of amides is 1. The van der Waals surface area contributed by atoms with E-state index in [0.717, 1.165) is 11.6 Å². The van der Waals surface area contributed by atoms with Crippen LogP contribution in [0.5, 0.6) is 0 Å². The second-order valence-corrected chi connectivity index (χ2v) is 10.0. The Labute approximate surface area is 231 Å². The maximum atomic E-state index is 15.1. The summed E-state index contributed by atoms with van der Waals surface area (Å²) >= 11 is 0. The highest BCUT2D eigenvalue weighted by Gasteiger charge is 2.20. The predicted molar refractivity (Wildman–Crippen MR) is 148 cm³/mol. The van der Waals surface area contributed by atoms with Crippen molar-refractivity contribution in [3.63, 3.8) is 0 Å². The Hall–Kier alpha value is -5.05. The third-order valence-electron chi connectivity index (χ3n) is 5.61. The summed E-state index contributed by atoms with van der Waals surface area (Å²) < 4.78 is 20.5. The molecule has 3 heterocycles. The summed E-state index contributed by atoms with van der Waals surface area (Å²) in [4.78, 5) is 22.5. The number of pyridine rings is 2. The normalized spacial score (nSPS) is 11.8. The van der Waals surface area contributed by atoms with Gasteiger partial charge in [0.05, 0.1) is 35.5 Å². The van der Waals surface area contributed by atoms with Gasteiger partial charge in [0.1, 0.15) is 17.4 Å². The Morgan fingerprint density at radius 2 is 1.88 bits per heavy atom. The number of ether oxygens (including phenoxy) is 1. The van der Waals surface area contributed by atoms with Crippen molar-refractivity contribution in [2.75, 3.05) is 17.2 Å². The van der Waals surface area contributed by atoms with Crippen molar-refractivity contribution < 1.29 is 13.9 Å². The van der Waals surface area contributed by atoms with Crippen LogP contribution in [-0.4, -0.2) is 49.2 Å². The number of aromatic nitrogens is 5. The number of aryl methyl sites for hydroxylation is 1. The van der Waals surface area contributed by atoms with Gasteiger partial charge < -0.3 is 20.7 Å². The lowest BCUT2D eigenvalue weighted by Gasteiger charge is -2.23. The van der Waals surface area contributed by atoms with E-state index in [1.54, 1.807) is 45.4 Å². The van der Waals surface area contributed by atoms with Crippen LogP contribution in [0.2, 0.25) is 0 Å². The first-order valence-electron chi connectivity index (χ1n) is 12.6. The number of alkyl carbamates (subject to hydrolysis) is 1. The van der Waals surface area contributed by atoms with E-state index in [9.17, 15) is 10.1 Å². The molecule has 0 bridgehead atoms. The van der Waals surface area contributed by atoms with E-state index in [-0.39, 0.29) is 23.7 Å². The fourth-order valence-corrected chi connectivity index (χ4v) is 3.83. The molecule has 0 fully saturated rings. The van der Waals surface area contributed by atoms with Crippen LogP contribution in [0.3, 0.4) is 0 Å². The summed E-state index contributed by atoms with van der Waals surface area (Å²) in [5.74, 6) is -0.654. The molecule has 0 aliphatic carbocycles. The molecule has 4 aromatic rings. The van der Waals surface area contributed by atoms with Gasteiger partial charge in [0, 0.05) is 12.6 Å². The molecule has 4 rings (SSSR count). The second-order valence-electron chi connectivity index (χ2n) is 10.0. The minimum absolute atomic E-state index is 0.00822. The minimum Gasteiger partial charge on any atom is -0.444 e. The number of hydrogen-bond acceptors (Lipinski definition) is 9. The highest BCUT2D eigenvalue weighted by molar-refractivity contribution is 5.68. The summed E-state index contributed by atoms with van der Waals surface area (Å²) in [6.45, 7) is 7.27. The second kappa shape index (κ2) is 12.2. The van der Waals surface area contributed by atoms with Crippen LogP contribution in [0.15, 0.2) is 61.1 Å². The Morgan fingerprint density at radius 1 is 1.15 bits per heavy atom. The Bertz CT molecular complexity index is 1500. The smallest absolute Gasteiger partial charge is 0.407 e. The lowest BCUT2D eigenvalue weighted by molar-refractivity contribution is 0.0525. The van der Waals surface area contributed by atoms with Crippen molar-refractivity contribution in [1.29, 1.82) is 5.26 Å². The van der Waals surface area contributed by atoms with E-state index in [1.165, 1.54) is 4.80 Å². The van der Waals surface area contributed by atoms with E-state index < -0.39 is 23.6 Å². The van der Waals surface area contributed by atoms with E-state index in [2.05, 4.69) is 36.1 Å². The standard InChI is InChI=1S/C28H30FN9O2/c1-18-24(38-33-10-11-34-38)14-22(16-31-18)35-25-20(15-30)13-23(29)26(37-25)36-21(12-19-8-6-5-7-9-19)17-32-27(39)40-28(2,3)4/h5-11,13-14,16,21H,12,17H2,1-4H3,(H,32,39)(H2,35,36,37)/t21-/m1/s1. The summed E-state index contributed by atoms with van der Waals surface area (Å²) in [6, 6.07) is 14.0. The minimum atomic E-state index is -0.708. The number of carbonyl (C=O) groups excluding carboxylic acids is 1. The van der Waals surface area contributed by atoms with Crippen LogP contribution in [0.4, 0.5) is 26.5 Å². The molecule has 0 aliphatic rings. The molecule has 0 spiro atoms. The van der Waals surface area contributed by atoms with Crippen LogP contribution in [0, 0.1) is 24.1 Å². The van der Waals surface area contributed by atoms with Crippen LogP contribution in [0.25, 0.3) is 5.69 Å². The van der Waals surface area contributed by atoms with Crippen LogP contribution >= 0.6 is 0 Å². The largest absolute Gasteiger partial charge is 0.444 e. The molecular formula is C28H30FN9O2. The van der Waals surface area contributed by atoms with Gasteiger partial charge in [0.2, 0.25) is 0 Å². The SMILES string of the molecule is Cc1ncc(Nc2nc(N[C@@H](CNC(=O)OC(C)(C)C)Cc3ccccc3)c(F)cc2C#N)cc1-n1nccn1. The van der Waals surface area contributed by atoms with E-state index in [4.69, 9.17) is 4.74 Å². The molecule has 1 aromatic carbocycles. The molecule has 0 saturated heterocycles. The van der Waals surface area contributed by atoms with Gasteiger partial charge in [-0.15, -0.1) is 4.80 Å². The zero-order valence-electron chi connectivity index (χ0n) is 22.6. The van der Waals surface area contributed by atoms with E-state index >= 15 is 4.39 Å². The van der Waals surface area contributed by atoms with E-state index in [0.29, 0.717) is 23.5 Å². The number of rotatable bonds is 9. The molecule has 0 aliphatic heterocycles. The predicted octanol–water partition coefficient (Wildman–Crippen LogP) is 4.67. The van der Waals surface area contributed by atoms with E-state index in [1.807, 2.05) is 43.3 Å². The molecule has 0 saturated carbocycles. The number of hydrogen-bond donors (Lipinski definition) is 3. The quantitative estimate of drug-likeness (QED) is 0.274. The number of anilines is 3. The summed E-state index contributed by atoms with van der Waals surface area (Å²) in [5, 5.41) is 26.8. The fourth-order valence-electron chi connectivity index (χ4n) is 3.83. The zero-order chi connectivity index (χ0) is 28.7. The molecule has 12 heteroatoms. The topological polar surface area (TPSA) is 143 Å². The Morgan fingerprint density at radius 3 is 2.55 bits per heavy atom. The molecule has 3 aromatic heterocycles. The van der Waals surface area contributed by atoms with Crippen LogP contribution in [-0.2, 0) is 11.2 Å². The first-order chi connectivity index (χ1) is 19.1. The summed E-state index contributed by atoms with van der Waals surface area (Å²) in [5.41, 5.74) is 2.15. The van der Waals surface area contributed by atoms with Gasteiger partial charge in [-0.1, -0.05) is 30.3 Å². The van der Waals surface area contributed by atoms with Crippen molar-refractivity contribution in [3.05, 3.63) is 83.7 Å². The first-order valence-corrected chi connectivity index (χ1v) is 12.6. The fraction of sp³-hybridized carbons (Fsp3) is 0.286. The lowest BCUT2D eigenvalue weighted by Crippen LogP contribution is -2.40. The number of nitrogens with zero attached hydrogens (tertiary/aromatic N) is 6. The molecule has 0 radical (unpaired) electrons. The Kier molecular flexibility index (Phi) is 8.54. The average Bonchev–Trinajstić information content (AvgIpc) is 3.44. The van der Waals surface area contributed by atoms with Crippen LogP contribution in [0.1, 0.15) is 37.6 Å². The molecule has 0 unspecified atom stereocenters. The number of benzene rings is 1. The number of carbonyl (C=O) groups is 1. The van der Waals surface area contributed by atoms with Crippen LogP contribution < -0.4 is 16.0 Å². The van der Waals surface area contributed by atoms with Gasteiger partial charge in [-0.25, -0.2) is 14.2 Å². The Balaban J connectivity index is 1.59. The monoisotopic (exact) mass is 543 g/mol. The first kappa shape index (κ1) is 28.0. The molecule has 1 atom stereocenters. The molecule has 3 N–H and O–H groups in total. The zero-order valence-corrected chi connectivity index (χ0v) is 22.6. The average molecular weight is 544 g/mol. The van der Waals surface area contributed by atoms with Gasteiger partial charge in [-0.3, -0.25) is 4.98 Å². The molecule has 1 amide bonds. The maximum absolute atomic E-state index is 15.1. The molecule has 40 heavy (non-hydrogen) atoms. The maximum Gasteiger partial charge on any atom is 0.407 e. The highest BCUT2D eigenvalue weighted by Crippen LogP contribution is 2.25. The van der Waals surface area contributed by atoms with Gasteiger partial charge in [-0.05, 0) is 51.8 Å². The van der Waals surface area contributed by atoms with Crippen molar-refractivity contribution >= 4 is 23.4 Å². The number of halogens is 1.